The lowest BCUT2D eigenvalue weighted by Crippen LogP contribution is -3.12. The first kappa shape index (κ1) is 16.9. The van der Waals surface area contributed by atoms with E-state index in [1.165, 1.54) is 32.5 Å². The van der Waals surface area contributed by atoms with Crippen LogP contribution < -0.4 is 10.5 Å². The summed E-state index contributed by atoms with van der Waals surface area (Å²) in [7, 11) is 0. The number of nitro groups is 1. The van der Waals surface area contributed by atoms with Crippen molar-refractivity contribution in [3.8, 4) is 0 Å². The van der Waals surface area contributed by atoms with Crippen LogP contribution in [0.15, 0.2) is 47.4 Å². The Labute approximate surface area is 153 Å². The van der Waals surface area contributed by atoms with Gasteiger partial charge in [-0.25, -0.2) is 4.98 Å². The van der Waals surface area contributed by atoms with Gasteiger partial charge in [0.25, 0.3) is 11.2 Å². The van der Waals surface area contributed by atoms with Gasteiger partial charge in [0, 0.05) is 12.1 Å². The predicted octanol–water partition coefficient (Wildman–Crippen LogP) is 1.79. The van der Waals surface area contributed by atoms with Crippen LogP contribution in [-0.2, 0) is 6.67 Å². The van der Waals surface area contributed by atoms with E-state index >= 15 is 0 Å². The fourth-order valence-electron chi connectivity index (χ4n) is 3.56. The van der Waals surface area contributed by atoms with Crippen molar-refractivity contribution in [3.63, 3.8) is 0 Å². The molecule has 1 aromatic carbocycles. The normalized spacial score (nSPS) is 20.3. The zero-order chi connectivity index (χ0) is 18.1. The summed E-state index contributed by atoms with van der Waals surface area (Å²) in [6, 6.07) is 10.7. The van der Waals surface area contributed by atoms with Gasteiger partial charge in [0.2, 0.25) is 0 Å². The lowest BCUT2D eigenvalue weighted by Gasteiger charge is -2.29. The van der Waals surface area contributed by atoms with E-state index in [1.54, 1.807) is 11.3 Å². The van der Waals surface area contributed by atoms with Gasteiger partial charge in [-0.05, 0) is 25.0 Å². The molecule has 4 rings (SSSR count). The number of benzene rings is 1. The number of nitrogens with one attached hydrogen (secondary N) is 1. The summed E-state index contributed by atoms with van der Waals surface area (Å²) in [6.45, 7) is 2.29. The Balaban J connectivity index is 1.53. The number of nitrogens with zero attached hydrogens (tertiary/aromatic N) is 3. The number of fused-ring (bicyclic) bond motifs is 1. The van der Waals surface area contributed by atoms with E-state index in [1.807, 2.05) is 18.2 Å². The first-order valence-corrected chi connectivity index (χ1v) is 9.46. The molecule has 3 aromatic rings. The van der Waals surface area contributed by atoms with Crippen molar-refractivity contribution in [2.45, 2.75) is 25.4 Å². The number of likely N-dealkylation sites (tertiary alicyclic amines) is 1. The summed E-state index contributed by atoms with van der Waals surface area (Å²) in [5.74, 6) is 0.366. The highest BCUT2D eigenvalue weighted by Gasteiger charge is 2.27. The fourth-order valence-corrected chi connectivity index (χ4v) is 4.66. The number of pyridine rings is 1. The quantitative estimate of drug-likeness (QED) is 0.560. The first-order valence-electron chi connectivity index (χ1n) is 8.64. The average molecular weight is 371 g/mol. The minimum absolute atomic E-state index is 0.0521. The molecule has 3 heterocycles. The molecule has 134 valence electrons. The number of hydrogen-bond donors (Lipinski definition) is 1. The standard InChI is InChI=1S/C18H18N4O3S/c23-17-8-7-14(22(24)25)11-21(17)12-20-9-3-4-13(10-20)18-19-15-5-1-2-6-16(15)26-18/h1-2,5-8,11,13H,3-4,9-10,12H2/p+1/t13-/m0/s1. The number of piperidine rings is 1. The largest absolute Gasteiger partial charge is 0.317 e. The van der Waals surface area contributed by atoms with Gasteiger partial charge in [-0.1, -0.05) is 12.1 Å². The second kappa shape index (κ2) is 6.97. The molecule has 8 heteroatoms. The van der Waals surface area contributed by atoms with Gasteiger partial charge in [-0.15, -0.1) is 11.3 Å². The molecular weight excluding hydrogens is 352 g/mol. The molecule has 1 N–H and O–H groups in total. The molecule has 2 atom stereocenters. The maximum Gasteiger partial charge on any atom is 0.285 e. The van der Waals surface area contributed by atoms with Gasteiger partial charge >= 0.3 is 0 Å². The van der Waals surface area contributed by atoms with Crippen LogP contribution in [0.25, 0.3) is 10.2 Å². The van der Waals surface area contributed by atoms with Crippen molar-refractivity contribution < 1.29 is 9.82 Å². The molecule has 1 unspecified atom stereocenters. The SMILES string of the molecule is O=c1ccc([N+](=O)[O-])cn1C[NH+]1CCC[C@H](c2nc3ccccc3s2)C1. The molecule has 26 heavy (non-hydrogen) atoms. The Kier molecular flexibility index (Phi) is 4.52. The van der Waals surface area contributed by atoms with Gasteiger partial charge in [0.1, 0.15) is 5.01 Å². The molecule has 0 amide bonds. The molecular formula is C18H19N4O3S+. The van der Waals surface area contributed by atoms with Crippen LogP contribution in [0.2, 0.25) is 0 Å². The van der Waals surface area contributed by atoms with E-state index in [0.717, 1.165) is 36.5 Å². The summed E-state index contributed by atoms with van der Waals surface area (Å²) in [5.41, 5.74) is 0.781. The number of para-hydroxylation sites is 1. The van der Waals surface area contributed by atoms with Crippen molar-refractivity contribution in [1.82, 2.24) is 9.55 Å². The Morgan fingerprint density at radius 3 is 2.96 bits per heavy atom. The van der Waals surface area contributed by atoms with Crippen LogP contribution >= 0.6 is 11.3 Å². The van der Waals surface area contributed by atoms with Crippen molar-refractivity contribution in [1.29, 1.82) is 0 Å². The van der Waals surface area contributed by atoms with E-state index in [0.29, 0.717) is 12.6 Å². The van der Waals surface area contributed by atoms with Crippen LogP contribution in [0.4, 0.5) is 5.69 Å². The third kappa shape index (κ3) is 3.38. The fraction of sp³-hybridized carbons (Fsp3) is 0.333. The molecule has 2 aromatic heterocycles. The van der Waals surface area contributed by atoms with Crippen LogP contribution in [0.5, 0.6) is 0 Å². The summed E-state index contributed by atoms with van der Waals surface area (Å²) >= 11 is 1.74. The Morgan fingerprint density at radius 2 is 2.15 bits per heavy atom. The first-order chi connectivity index (χ1) is 12.6. The third-order valence-electron chi connectivity index (χ3n) is 4.85. The second-order valence-corrected chi connectivity index (χ2v) is 7.74. The van der Waals surface area contributed by atoms with Crippen LogP contribution in [0.1, 0.15) is 23.8 Å². The molecule has 7 nitrogen and oxygen atoms in total. The van der Waals surface area contributed by atoms with Crippen molar-refractivity contribution >= 4 is 27.2 Å². The molecule has 1 aliphatic heterocycles. The van der Waals surface area contributed by atoms with E-state index in [9.17, 15) is 14.9 Å². The highest BCUT2D eigenvalue weighted by Crippen LogP contribution is 2.30. The predicted molar refractivity (Wildman–Crippen MR) is 99.6 cm³/mol. The molecule has 0 spiro atoms. The molecule has 0 bridgehead atoms. The van der Waals surface area contributed by atoms with Crippen LogP contribution in [0, 0.1) is 10.1 Å². The minimum atomic E-state index is -0.467. The smallest absolute Gasteiger partial charge is 0.285 e. The average Bonchev–Trinajstić information content (AvgIpc) is 3.08. The Bertz CT molecular complexity index is 980. The molecule has 0 saturated carbocycles. The van der Waals surface area contributed by atoms with Gasteiger partial charge in [0.05, 0.1) is 40.3 Å². The van der Waals surface area contributed by atoms with Crippen molar-refractivity contribution in [3.05, 3.63) is 68.1 Å². The molecule has 1 fully saturated rings. The Morgan fingerprint density at radius 1 is 1.31 bits per heavy atom. The number of hydrogen-bond acceptors (Lipinski definition) is 5. The number of thiazole rings is 1. The topological polar surface area (TPSA) is 82.5 Å². The lowest BCUT2D eigenvalue weighted by molar-refractivity contribution is -0.929. The maximum atomic E-state index is 12.1. The van der Waals surface area contributed by atoms with Gasteiger partial charge in [-0.2, -0.15) is 0 Å². The number of aromatic nitrogens is 2. The lowest BCUT2D eigenvalue weighted by atomic mass is 9.99. The second-order valence-electron chi connectivity index (χ2n) is 6.67. The zero-order valence-electron chi connectivity index (χ0n) is 14.1. The molecule has 0 aliphatic carbocycles. The van der Waals surface area contributed by atoms with E-state index in [2.05, 4.69) is 6.07 Å². The van der Waals surface area contributed by atoms with E-state index in [-0.39, 0.29) is 11.2 Å². The van der Waals surface area contributed by atoms with Gasteiger partial charge in [0.15, 0.2) is 6.67 Å². The van der Waals surface area contributed by atoms with Gasteiger partial charge in [-0.3, -0.25) is 19.5 Å². The summed E-state index contributed by atoms with van der Waals surface area (Å²) in [6.07, 6.45) is 3.49. The maximum absolute atomic E-state index is 12.1. The zero-order valence-corrected chi connectivity index (χ0v) is 14.9. The summed E-state index contributed by atoms with van der Waals surface area (Å²) in [4.78, 5) is 28.6. The number of rotatable bonds is 4. The molecule has 1 aliphatic rings. The van der Waals surface area contributed by atoms with Crippen molar-refractivity contribution in [2.24, 2.45) is 0 Å². The molecule has 0 radical (unpaired) electrons. The van der Waals surface area contributed by atoms with Crippen LogP contribution in [-0.4, -0.2) is 27.6 Å². The highest BCUT2D eigenvalue weighted by atomic mass is 32.1. The summed E-state index contributed by atoms with van der Waals surface area (Å²) in [5, 5.41) is 12.1. The van der Waals surface area contributed by atoms with E-state index in [4.69, 9.17) is 4.98 Å². The van der Waals surface area contributed by atoms with Gasteiger partial charge < -0.3 is 4.90 Å². The van der Waals surface area contributed by atoms with E-state index < -0.39 is 4.92 Å². The summed E-state index contributed by atoms with van der Waals surface area (Å²) < 4.78 is 2.65. The minimum Gasteiger partial charge on any atom is -0.317 e. The number of quaternary nitrogens is 1. The third-order valence-corrected chi connectivity index (χ3v) is 6.05. The van der Waals surface area contributed by atoms with Crippen molar-refractivity contribution in [2.75, 3.05) is 13.1 Å². The Hall–Kier alpha value is -2.58. The van der Waals surface area contributed by atoms with Crippen LogP contribution in [0.3, 0.4) is 0 Å². The molecule has 1 saturated heterocycles. The highest BCUT2D eigenvalue weighted by molar-refractivity contribution is 7.18. The monoisotopic (exact) mass is 371 g/mol.